The topological polar surface area (TPSA) is 29.3 Å². The maximum absolute atomic E-state index is 12.2. The van der Waals surface area contributed by atoms with Gasteiger partial charge in [0.1, 0.15) is 0 Å². The molecular weight excluding hydrogens is 205 g/mol. The van der Waals surface area contributed by atoms with Gasteiger partial charge in [0, 0.05) is 12.1 Å². The Morgan fingerprint density at radius 1 is 1.27 bits per heavy atom. The molecule has 0 fully saturated rings. The van der Waals surface area contributed by atoms with Gasteiger partial charge in [0.2, 0.25) is 0 Å². The highest BCUT2D eigenvalue weighted by molar-refractivity contribution is 4.80. The normalized spacial score (nSPS) is 16.8. The van der Waals surface area contributed by atoms with Crippen molar-refractivity contribution in [2.24, 2.45) is 5.73 Å². The summed E-state index contributed by atoms with van der Waals surface area (Å²) >= 11 is 0. The lowest BCUT2D eigenvalue weighted by molar-refractivity contribution is -0.148. The average molecular weight is 226 g/mol. The van der Waals surface area contributed by atoms with Crippen LogP contribution in [0.1, 0.15) is 33.1 Å². The molecular formula is C10H21F3N2. The van der Waals surface area contributed by atoms with Gasteiger partial charge in [-0.25, -0.2) is 0 Å². The Bertz CT molecular complexity index is 171. The van der Waals surface area contributed by atoms with Crippen molar-refractivity contribution in [1.82, 2.24) is 4.90 Å². The number of hydrogen-bond donors (Lipinski definition) is 1. The van der Waals surface area contributed by atoms with Gasteiger partial charge in [-0.15, -0.1) is 0 Å². The molecule has 0 aliphatic heterocycles. The van der Waals surface area contributed by atoms with Gasteiger partial charge in [-0.3, -0.25) is 4.90 Å². The van der Waals surface area contributed by atoms with Crippen LogP contribution in [0.3, 0.4) is 0 Å². The summed E-state index contributed by atoms with van der Waals surface area (Å²) in [5, 5.41) is 0. The van der Waals surface area contributed by atoms with Gasteiger partial charge in [0.25, 0.3) is 0 Å². The quantitative estimate of drug-likeness (QED) is 0.753. The molecule has 0 aromatic rings. The zero-order valence-corrected chi connectivity index (χ0v) is 9.64. The smallest absolute Gasteiger partial charge is 0.326 e. The van der Waals surface area contributed by atoms with Crippen molar-refractivity contribution >= 4 is 0 Å². The summed E-state index contributed by atoms with van der Waals surface area (Å²) in [6, 6.07) is -0.362. The number of rotatable bonds is 6. The Labute approximate surface area is 89.6 Å². The molecule has 0 radical (unpaired) electrons. The molecule has 0 bridgehead atoms. The maximum atomic E-state index is 12.2. The molecule has 2 unspecified atom stereocenters. The lowest BCUT2D eigenvalue weighted by Crippen LogP contribution is -2.48. The molecule has 2 N–H and O–H groups in total. The van der Waals surface area contributed by atoms with E-state index >= 15 is 0 Å². The van der Waals surface area contributed by atoms with Gasteiger partial charge in [0.15, 0.2) is 0 Å². The third-order valence-electron chi connectivity index (χ3n) is 2.53. The summed E-state index contributed by atoms with van der Waals surface area (Å²) in [5.74, 6) is 0. The molecule has 0 aliphatic rings. The van der Waals surface area contributed by atoms with Crippen molar-refractivity contribution in [3.8, 4) is 0 Å². The van der Waals surface area contributed by atoms with E-state index in [1.165, 1.54) is 11.9 Å². The molecule has 0 aliphatic carbocycles. The summed E-state index contributed by atoms with van der Waals surface area (Å²) < 4.78 is 36.5. The highest BCUT2D eigenvalue weighted by Crippen LogP contribution is 2.19. The Morgan fingerprint density at radius 2 is 1.80 bits per heavy atom. The Balaban J connectivity index is 4.27. The minimum atomic E-state index is -4.14. The van der Waals surface area contributed by atoms with E-state index in [-0.39, 0.29) is 12.1 Å². The highest BCUT2D eigenvalue weighted by atomic mass is 19.4. The van der Waals surface area contributed by atoms with Crippen LogP contribution in [0, 0.1) is 0 Å². The fraction of sp³-hybridized carbons (Fsp3) is 1.00. The fourth-order valence-corrected chi connectivity index (χ4v) is 1.87. The minimum Gasteiger partial charge on any atom is -0.326 e. The first-order valence-electron chi connectivity index (χ1n) is 5.34. The van der Waals surface area contributed by atoms with Gasteiger partial charge in [0.05, 0.1) is 6.54 Å². The van der Waals surface area contributed by atoms with E-state index in [0.717, 1.165) is 12.8 Å². The van der Waals surface area contributed by atoms with Crippen LogP contribution in [0.5, 0.6) is 0 Å². The number of nitrogens with zero attached hydrogens (tertiary/aromatic N) is 1. The van der Waals surface area contributed by atoms with Crippen LogP contribution in [-0.2, 0) is 0 Å². The molecule has 0 amide bonds. The molecule has 2 atom stereocenters. The van der Waals surface area contributed by atoms with E-state index < -0.39 is 12.7 Å². The Morgan fingerprint density at radius 3 is 2.13 bits per heavy atom. The third-order valence-corrected chi connectivity index (χ3v) is 2.53. The van der Waals surface area contributed by atoms with Gasteiger partial charge in [-0.2, -0.15) is 13.2 Å². The lowest BCUT2D eigenvalue weighted by atomic mass is 10.0. The number of hydrogen-bond acceptors (Lipinski definition) is 2. The molecule has 0 aromatic heterocycles. The van der Waals surface area contributed by atoms with Gasteiger partial charge in [-0.05, 0) is 19.9 Å². The minimum absolute atomic E-state index is 0.174. The second-order valence-electron chi connectivity index (χ2n) is 3.96. The van der Waals surface area contributed by atoms with Crippen molar-refractivity contribution in [3.63, 3.8) is 0 Å². The number of likely N-dealkylation sites (N-methyl/N-ethyl adjacent to an activating group) is 1. The van der Waals surface area contributed by atoms with Crippen LogP contribution in [0.4, 0.5) is 13.2 Å². The molecule has 92 valence electrons. The van der Waals surface area contributed by atoms with Crippen LogP contribution in [-0.4, -0.2) is 36.8 Å². The Hall–Kier alpha value is -0.290. The predicted molar refractivity (Wildman–Crippen MR) is 55.6 cm³/mol. The van der Waals surface area contributed by atoms with Gasteiger partial charge >= 0.3 is 6.18 Å². The van der Waals surface area contributed by atoms with E-state index in [1.807, 2.05) is 13.8 Å². The predicted octanol–water partition coefficient (Wildman–Crippen LogP) is 2.39. The molecule has 0 saturated heterocycles. The van der Waals surface area contributed by atoms with E-state index in [9.17, 15) is 13.2 Å². The second kappa shape index (κ2) is 6.33. The van der Waals surface area contributed by atoms with Crippen molar-refractivity contribution in [1.29, 1.82) is 0 Å². The molecule has 2 nitrogen and oxygen atoms in total. The van der Waals surface area contributed by atoms with E-state index in [4.69, 9.17) is 5.73 Å². The summed E-state index contributed by atoms with van der Waals surface area (Å²) in [5.41, 5.74) is 5.85. The summed E-state index contributed by atoms with van der Waals surface area (Å²) in [4.78, 5) is 1.31. The lowest BCUT2D eigenvalue weighted by Gasteiger charge is -2.32. The molecule has 5 heteroatoms. The van der Waals surface area contributed by atoms with Crippen LogP contribution in [0.2, 0.25) is 0 Å². The van der Waals surface area contributed by atoms with E-state index in [0.29, 0.717) is 6.42 Å². The van der Waals surface area contributed by atoms with Crippen molar-refractivity contribution in [2.75, 3.05) is 13.6 Å². The molecule has 0 aromatic carbocycles. The first kappa shape index (κ1) is 14.7. The molecule has 15 heavy (non-hydrogen) atoms. The number of halogens is 3. The van der Waals surface area contributed by atoms with Crippen molar-refractivity contribution < 1.29 is 13.2 Å². The second-order valence-corrected chi connectivity index (χ2v) is 3.96. The SMILES string of the molecule is CCCC(N)C(CC)N(C)CC(F)(F)F. The molecule has 0 saturated carbocycles. The number of alkyl halides is 3. The zero-order valence-electron chi connectivity index (χ0n) is 9.64. The van der Waals surface area contributed by atoms with Crippen LogP contribution in [0.25, 0.3) is 0 Å². The first-order chi connectivity index (χ1) is 6.81. The average Bonchev–Trinajstić information content (AvgIpc) is 2.02. The summed E-state index contributed by atoms with van der Waals surface area (Å²) in [6.45, 7) is 2.96. The standard InChI is InChI=1S/C10H21F3N2/c1-4-6-8(14)9(5-2)15(3)7-10(11,12)13/h8-9H,4-7,14H2,1-3H3. The summed E-state index contributed by atoms with van der Waals surface area (Å²) in [6.07, 6.45) is -1.83. The van der Waals surface area contributed by atoms with Crippen LogP contribution < -0.4 is 5.73 Å². The zero-order chi connectivity index (χ0) is 12.1. The van der Waals surface area contributed by atoms with E-state index in [2.05, 4.69) is 0 Å². The monoisotopic (exact) mass is 226 g/mol. The highest BCUT2D eigenvalue weighted by Gasteiger charge is 2.32. The van der Waals surface area contributed by atoms with Crippen molar-refractivity contribution in [3.05, 3.63) is 0 Å². The van der Waals surface area contributed by atoms with Crippen molar-refractivity contribution in [2.45, 2.75) is 51.4 Å². The van der Waals surface area contributed by atoms with Gasteiger partial charge < -0.3 is 5.73 Å². The first-order valence-corrected chi connectivity index (χ1v) is 5.34. The number of nitrogens with two attached hydrogens (primary N) is 1. The molecule has 0 spiro atoms. The third kappa shape index (κ3) is 5.99. The fourth-order valence-electron chi connectivity index (χ4n) is 1.87. The maximum Gasteiger partial charge on any atom is 0.401 e. The molecule has 0 rings (SSSR count). The Kier molecular flexibility index (Phi) is 6.20. The van der Waals surface area contributed by atoms with Crippen LogP contribution in [0.15, 0.2) is 0 Å². The van der Waals surface area contributed by atoms with Crippen LogP contribution >= 0.6 is 0 Å². The molecule has 0 heterocycles. The van der Waals surface area contributed by atoms with Gasteiger partial charge in [-0.1, -0.05) is 20.3 Å². The summed E-state index contributed by atoms with van der Waals surface area (Å²) in [7, 11) is 1.48. The largest absolute Gasteiger partial charge is 0.401 e. The van der Waals surface area contributed by atoms with E-state index in [1.54, 1.807) is 0 Å².